The highest BCUT2D eigenvalue weighted by atomic mass is 16.1. The van der Waals surface area contributed by atoms with Crippen LogP contribution in [0.1, 0.15) is 37.8 Å². The maximum atomic E-state index is 11.7. The smallest absolute Gasteiger partial charge is 0.234 e. The number of benzene rings is 1. The Morgan fingerprint density at radius 2 is 2.00 bits per heavy atom. The van der Waals surface area contributed by atoms with Gasteiger partial charge in [-0.2, -0.15) is 0 Å². The minimum absolute atomic E-state index is 0.0800. The Balaban J connectivity index is 2.27. The van der Waals surface area contributed by atoms with Crippen molar-refractivity contribution in [2.45, 2.75) is 46.2 Å². The van der Waals surface area contributed by atoms with Crippen molar-refractivity contribution < 1.29 is 4.79 Å². The van der Waals surface area contributed by atoms with Crippen molar-refractivity contribution in [1.82, 2.24) is 10.6 Å². The number of rotatable bonds is 7. The second-order valence-electron chi connectivity index (χ2n) is 4.67. The summed E-state index contributed by atoms with van der Waals surface area (Å²) in [6, 6.07) is 8.61. The van der Waals surface area contributed by atoms with Gasteiger partial charge < -0.3 is 10.6 Å². The van der Waals surface area contributed by atoms with Crippen molar-refractivity contribution in [1.29, 1.82) is 0 Å². The second kappa shape index (κ2) is 7.88. The van der Waals surface area contributed by atoms with E-state index in [4.69, 9.17) is 0 Å². The van der Waals surface area contributed by atoms with Crippen LogP contribution in [0.15, 0.2) is 24.3 Å². The lowest BCUT2D eigenvalue weighted by molar-refractivity contribution is -0.121. The lowest BCUT2D eigenvalue weighted by Gasteiger charge is -2.14. The quantitative estimate of drug-likeness (QED) is 0.778. The Bertz CT molecular complexity index is 373. The minimum Gasteiger partial charge on any atom is -0.352 e. The summed E-state index contributed by atoms with van der Waals surface area (Å²) in [4.78, 5) is 11.7. The van der Waals surface area contributed by atoms with Crippen LogP contribution < -0.4 is 10.6 Å². The van der Waals surface area contributed by atoms with Crippen molar-refractivity contribution in [2.75, 3.05) is 6.54 Å². The molecule has 0 aliphatic rings. The van der Waals surface area contributed by atoms with Crippen LogP contribution in [0.3, 0.4) is 0 Å². The summed E-state index contributed by atoms with van der Waals surface area (Å²) in [5.74, 6) is 0.0800. The summed E-state index contributed by atoms with van der Waals surface area (Å²) in [6.45, 7) is 7.37. The maximum Gasteiger partial charge on any atom is 0.234 e. The largest absolute Gasteiger partial charge is 0.352 e. The second-order valence-corrected chi connectivity index (χ2v) is 4.67. The van der Waals surface area contributed by atoms with E-state index < -0.39 is 0 Å². The highest BCUT2D eigenvalue weighted by Crippen LogP contribution is 2.03. The van der Waals surface area contributed by atoms with E-state index in [1.54, 1.807) is 0 Å². The molecule has 3 heteroatoms. The molecule has 1 aromatic carbocycles. The van der Waals surface area contributed by atoms with Gasteiger partial charge in [-0.25, -0.2) is 0 Å². The van der Waals surface area contributed by atoms with E-state index in [1.165, 1.54) is 11.1 Å². The minimum atomic E-state index is 0.0800. The molecule has 18 heavy (non-hydrogen) atoms. The molecule has 0 unspecified atom stereocenters. The van der Waals surface area contributed by atoms with Crippen LogP contribution in [-0.4, -0.2) is 18.5 Å². The van der Waals surface area contributed by atoms with E-state index in [-0.39, 0.29) is 5.91 Å². The van der Waals surface area contributed by atoms with Gasteiger partial charge in [-0.1, -0.05) is 43.7 Å². The van der Waals surface area contributed by atoms with Crippen molar-refractivity contribution >= 4 is 5.91 Å². The maximum absolute atomic E-state index is 11.7. The first-order chi connectivity index (χ1) is 8.65. The molecule has 100 valence electrons. The molecule has 3 nitrogen and oxygen atoms in total. The number of hydrogen-bond acceptors (Lipinski definition) is 2. The fourth-order valence-corrected chi connectivity index (χ4v) is 1.91. The van der Waals surface area contributed by atoms with E-state index in [0.29, 0.717) is 12.6 Å². The molecule has 0 heterocycles. The Kier molecular flexibility index (Phi) is 6.44. The van der Waals surface area contributed by atoms with E-state index >= 15 is 0 Å². The van der Waals surface area contributed by atoms with Gasteiger partial charge in [-0.05, 0) is 25.3 Å². The molecule has 0 aliphatic heterocycles. The lowest BCUT2D eigenvalue weighted by atomic mass is 10.1. The van der Waals surface area contributed by atoms with Gasteiger partial charge >= 0.3 is 0 Å². The SMILES string of the molecule is CCC(CC)NC(=O)CNCc1cccc(C)c1. The molecule has 0 saturated heterocycles. The topological polar surface area (TPSA) is 41.1 Å². The number of nitrogens with one attached hydrogen (secondary N) is 2. The summed E-state index contributed by atoms with van der Waals surface area (Å²) in [5.41, 5.74) is 2.46. The Labute approximate surface area is 110 Å². The predicted octanol–water partition coefficient (Wildman–Crippen LogP) is 2.39. The van der Waals surface area contributed by atoms with Crippen LogP contribution in [0.25, 0.3) is 0 Å². The highest BCUT2D eigenvalue weighted by molar-refractivity contribution is 5.78. The first-order valence-electron chi connectivity index (χ1n) is 6.71. The highest BCUT2D eigenvalue weighted by Gasteiger charge is 2.07. The molecule has 0 spiro atoms. The molecule has 2 N–H and O–H groups in total. The van der Waals surface area contributed by atoms with Crippen molar-refractivity contribution in [2.24, 2.45) is 0 Å². The number of aryl methyl sites for hydroxylation is 1. The van der Waals surface area contributed by atoms with Crippen LogP contribution in [-0.2, 0) is 11.3 Å². The fraction of sp³-hybridized carbons (Fsp3) is 0.533. The number of hydrogen-bond donors (Lipinski definition) is 2. The number of carbonyl (C=O) groups excluding carboxylic acids is 1. The Hall–Kier alpha value is -1.35. The summed E-state index contributed by atoms with van der Waals surface area (Å²) in [7, 11) is 0. The zero-order valence-electron chi connectivity index (χ0n) is 11.6. The van der Waals surface area contributed by atoms with Gasteiger partial charge in [0.05, 0.1) is 6.54 Å². The molecule has 0 radical (unpaired) electrons. The molecular formula is C15H24N2O. The van der Waals surface area contributed by atoms with Gasteiger partial charge in [0.25, 0.3) is 0 Å². The van der Waals surface area contributed by atoms with Crippen molar-refractivity contribution in [3.05, 3.63) is 35.4 Å². The number of carbonyl (C=O) groups is 1. The van der Waals surface area contributed by atoms with Crippen LogP contribution in [0.5, 0.6) is 0 Å². The normalized spacial score (nSPS) is 10.7. The Morgan fingerprint density at radius 1 is 1.28 bits per heavy atom. The monoisotopic (exact) mass is 248 g/mol. The van der Waals surface area contributed by atoms with Gasteiger partial charge in [0.1, 0.15) is 0 Å². The third kappa shape index (κ3) is 5.32. The third-order valence-electron chi connectivity index (χ3n) is 3.05. The molecule has 1 aromatic rings. The average molecular weight is 248 g/mol. The predicted molar refractivity (Wildman–Crippen MR) is 75.4 cm³/mol. The molecule has 0 fully saturated rings. The zero-order chi connectivity index (χ0) is 13.4. The van der Waals surface area contributed by atoms with Crippen LogP contribution >= 0.6 is 0 Å². The molecule has 0 bridgehead atoms. The van der Waals surface area contributed by atoms with Crippen LogP contribution in [0, 0.1) is 6.92 Å². The van der Waals surface area contributed by atoms with Crippen LogP contribution in [0.2, 0.25) is 0 Å². The van der Waals surface area contributed by atoms with Crippen LogP contribution in [0.4, 0.5) is 0 Å². The first kappa shape index (κ1) is 14.7. The van der Waals surface area contributed by atoms with Gasteiger partial charge in [0.2, 0.25) is 5.91 Å². The third-order valence-corrected chi connectivity index (χ3v) is 3.05. The summed E-state index contributed by atoms with van der Waals surface area (Å²) in [6.07, 6.45) is 1.97. The van der Waals surface area contributed by atoms with E-state index in [1.807, 2.05) is 6.07 Å². The summed E-state index contributed by atoms with van der Waals surface area (Å²) >= 11 is 0. The number of amides is 1. The molecule has 1 rings (SSSR count). The van der Waals surface area contributed by atoms with Crippen molar-refractivity contribution in [3.63, 3.8) is 0 Å². The molecule has 0 saturated carbocycles. The average Bonchev–Trinajstić information content (AvgIpc) is 2.36. The zero-order valence-corrected chi connectivity index (χ0v) is 11.6. The van der Waals surface area contributed by atoms with Gasteiger partial charge in [-0.3, -0.25) is 4.79 Å². The van der Waals surface area contributed by atoms with Gasteiger partial charge in [0.15, 0.2) is 0 Å². The molecular weight excluding hydrogens is 224 g/mol. The molecule has 0 aliphatic carbocycles. The molecule has 0 atom stereocenters. The van der Waals surface area contributed by atoms with E-state index in [9.17, 15) is 4.79 Å². The standard InChI is InChI=1S/C15H24N2O/c1-4-14(5-2)17-15(18)11-16-10-13-8-6-7-12(3)9-13/h6-9,14,16H,4-5,10-11H2,1-3H3,(H,17,18). The summed E-state index contributed by atoms with van der Waals surface area (Å²) in [5, 5.41) is 6.18. The fourth-order valence-electron chi connectivity index (χ4n) is 1.91. The summed E-state index contributed by atoms with van der Waals surface area (Å²) < 4.78 is 0. The van der Waals surface area contributed by atoms with Gasteiger partial charge in [-0.15, -0.1) is 0 Å². The lowest BCUT2D eigenvalue weighted by Crippen LogP contribution is -2.39. The van der Waals surface area contributed by atoms with E-state index in [0.717, 1.165) is 19.4 Å². The molecule has 0 aromatic heterocycles. The van der Waals surface area contributed by atoms with Gasteiger partial charge in [0, 0.05) is 12.6 Å². The molecule has 1 amide bonds. The van der Waals surface area contributed by atoms with E-state index in [2.05, 4.69) is 49.6 Å². The first-order valence-corrected chi connectivity index (χ1v) is 6.71. The Morgan fingerprint density at radius 3 is 2.61 bits per heavy atom. The van der Waals surface area contributed by atoms with Crippen molar-refractivity contribution in [3.8, 4) is 0 Å².